The van der Waals surface area contributed by atoms with Crippen molar-refractivity contribution >= 4 is 11.8 Å². The summed E-state index contributed by atoms with van der Waals surface area (Å²) in [7, 11) is 0. The number of hydrogen-bond acceptors (Lipinski definition) is 5. The van der Waals surface area contributed by atoms with Crippen LogP contribution in [0.1, 0.15) is 26.7 Å². The summed E-state index contributed by atoms with van der Waals surface area (Å²) in [6, 6.07) is 0.169. The fourth-order valence-corrected chi connectivity index (χ4v) is 2.26. The third kappa shape index (κ3) is 3.76. The van der Waals surface area contributed by atoms with E-state index in [0.29, 0.717) is 18.4 Å². The van der Waals surface area contributed by atoms with Crippen LogP contribution in [0.25, 0.3) is 0 Å². The zero-order chi connectivity index (χ0) is 13.7. The largest absolute Gasteiger partial charge is 0.381 e. The van der Waals surface area contributed by atoms with E-state index in [0.717, 1.165) is 26.1 Å². The molecular weight excluding hydrogens is 247 g/mol. The first-order chi connectivity index (χ1) is 9.20. The van der Waals surface area contributed by atoms with Gasteiger partial charge in [0.15, 0.2) is 11.6 Å². The SMILES string of the molecule is CCNc1ncc(F)c(NC(C)C2CCOCC2)n1. The number of anilines is 2. The Bertz CT molecular complexity index is 410. The van der Waals surface area contributed by atoms with Gasteiger partial charge in [0.05, 0.1) is 6.20 Å². The fourth-order valence-electron chi connectivity index (χ4n) is 2.26. The van der Waals surface area contributed by atoms with Gasteiger partial charge in [-0.2, -0.15) is 4.98 Å². The minimum Gasteiger partial charge on any atom is -0.381 e. The second kappa shape index (κ2) is 6.65. The summed E-state index contributed by atoms with van der Waals surface area (Å²) in [4.78, 5) is 8.05. The molecule has 0 radical (unpaired) electrons. The molecule has 1 aliphatic heterocycles. The maximum absolute atomic E-state index is 13.7. The lowest BCUT2D eigenvalue weighted by atomic mass is 9.93. The summed E-state index contributed by atoms with van der Waals surface area (Å²) < 4.78 is 19.0. The van der Waals surface area contributed by atoms with E-state index in [9.17, 15) is 4.39 Å². The molecule has 1 aliphatic rings. The van der Waals surface area contributed by atoms with E-state index in [-0.39, 0.29) is 11.9 Å². The molecule has 2 rings (SSSR count). The van der Waals surface area contributed by atoms with Crippen molar-refractivity contribution < 1.29 is 9.13 Å². The van der Waals surface area contributed by atoms with Gasteiger partial charge in [-0.25, -0.2) is 9.37 Å². The highest BCUT2D eigenvalue weighted by molar-refractivity contribution is 5.41. The highest BCUT2D eigenvalue weighted by atomic mass is 19.1. The smallest absolute Gasteiger partial charge is 0.224 e. The minimum absolute atomic E-state index is 0.169. The van der Waals surface area contributed by atoms with E-state index in [1.165, 1.54) is 6.20 Å². The Morgan fingerprint density at radius 2 is 2.21 bits per heavy atom. The van der Waals surface area contributed by atoms with E-state index >= 15 is 0 Å². The maximum atomic E-state index is 13.7. The van der Waals surface area contributed by atoms with Crippen molar-refractivity contribution in [3.8, 4) is 0 Å². The maximum Gasteiger partial charge on any atom is 0.224 e. The van der Waals surface area contributed by atoms with Gasteiger partial charge in [-0.3, -0.25) is 0 Å². The van der Waals surface area contributed by atoms with Gasteiger partial charge >= 0.3 is 0 Å². The van der Waals surface area contributed by atoms with Gasteiger partial charge < -0.3 is 15.4 Å². The number of halogens is 1. The third-order valence-corrected chi connectivity index (χ3v) is 3.42. The number of nitrogens with zero attached hydrogens (tertiary/aromatic N) is 2. The van der Waals surface area contributed by atoms with Crippen LogP contribution in [0, 0.1) is 11.7 Å². The van der Waals surface area contributed by atoms with Gasteiger partial charge in [0.25, 0.3) is 0 Å². The topological polar surface area (TPSA) is 59.1 Å². The normalized spacial score (nSPS) is 18.1. The summed E-state index contributed by atoms with van der Waals surface area (Å²) in [5.74, 6) is 0.793. The Labute approximate surface area is 113 Å². The molecule has 2 heterocycles. The molecule has 0 bridgehead atoms. The van der Waals surface area contributed by atoms with Crippen molar-refractivity contribution in [2.45, 2.75) is 32.7 Å². The number of rotatable bonds is 5. The van der Waals surface area contributed by atoms with Gasteiger partial charge in [0, 0.05) is 25.8 Å². The van der Waals surface area contributed by atoms with Crippen LogP contribution < -0.4 is 10.6 Å². The van der Waals surface area contributed by atoms with E-state index in [1.807, 2.05) is 6.92 Å². The molecule has 19 heavy (non-hydrogen) atoms. The number of aromatic nitrogens is 2. The van der Waals surface area contributed by atoms with Crippen LogP contribution in [-0.2, 0) is 4.74 Å². The van der Waals surface area contributed by atoms with Crippen LogP contribution in [0.15, 0.2) is 6.20 Å². The molecule has 1 unspecified atom stereocenters. The first-order valence-electron chi connectivity index (χ1n) is 6.81. The molecule has 1 aromatic heterocycles. The van der Waals surface area contributed by atoms with Crippen molar-refractivity contribution in [2.75, 3.05) is 30.4 Å². The van der Waals surface area contributed by atoms with Crippen molar-refractivity contribution in [3.05, 3.63) is 12.0 Å². The average molecular weight is 268 g/mol. The third-order valence-electron chi connectivity index (χ3n) is 3.42. The summed E-state index contributed by atoms with van der Waals surface area (Å²) in [6.07, 6.45) is 3.20. The molecule has 6 heteroatoms. The molecule has 1 fully saturated rings. The fraction of sp³-hybridized carbons (Fsp3) is 0.692. The lowest BCUT2D eigenvalue weighted by molar-refractivity contribution is 0.0622. The summed E-state index contributed by atoms with van der Waals surface area (Å²) in [6.45, 7) is 6.28. The first-order valence-corrected chi connectivity index (χ1v) is 6.81. The highest BCUT2D eigenvalue weighted by Gasteiger charge is 2.21. The van der Waals surface area contributed by atoms with Crippen molar-refractivity contribution in [2.24, 2.45) is 5.92 Å². The predicted octanol–water partition coefficient (Wildman–Crippen LogP) is 2.27. The van der Waals surface area contributed by atoms with Gasteiger partial charge in [0.2, 0.25) is 5.95 Å². The van der Waals surface area contributed by atoms with Crippen LogP contribution >= 0.6 is 0 Å². The molecule has 0 aliphatic carbocycles. The van der Waals surface area contributed by atoms with E-state index in [2.05, 4.69) is 27.5 Å². The predicted molar refractivity (Wildman–Crippen MR) is 72.8 cm³/mol. The molecule has 2 N–H and O–H groups in total. The van der Waals surface area contributed by atoms with Gasteiger partial charge in [-0.15, -0.1) is 0 Å². The summed E-state index contributed by atoms with van der Waals surface area (Å²) >= 11 is 0. The molecule has 106 valence electrons. The highest BCUT2D eigenvalue weighted by Crippen LogP contribution is 2.22. The Morgan fingerprint density at radius 3 is 2.89 bits per heavy atom. The number of nitrogens with one attached hydrogen (secondary N) is 2. The number of ether oxygens (including phenoxy) is 1. The molecule has 1 atom stereocenters. The molecule has 1 aromatic rings. The van der Waals surface area contributed by atoms with E-state index in [4.69, 9.17) is 4.74 Å². The summed E-state index contributed by atoms with van der Waals surface area (Å²) in [5.41, 5.74) is 0. The van der Waals surface area contributed by atoms with Crippen LogP contribution in [0.3, 0.4) is 0 Å². The molecule has 1 saturated heterocycles. The van der Waals surface area contributed by atoms with Crippen LogP contribution in [0.4, 0.5) is 16.2 Å². The van der Waals surface area contributed by atoms with Crippen LogP contribution in [-0.4, -0.2) is 35.8 Å². The Hall–Kier alpha value is -1.43. The lowest BCUT2D eigenvalue weighted by Gasteiger charge is -2.28. The van der Waals surface area contributed by atoms with Crippen molar-refractivity contribution in [1.29, 1.82) is 0 Å². The molecule has 0 saturated carbocycles. The Balaban J connectivity index is 2.02. The standard InChI is InChI=1S/C13H21FN4O/c1-3-15-13-16-8-11(14)12(18-13)17-9(2)10-4-6-19-7-5-10/h8-10H,3-7H2,1-2H3,(H2,15,16,17,18). The zero-order valence-corrected chi connectivity index (χ0v) is 11.4. The molecule has 0 spiro atoms. The van der Waals surface area contributed by atoms with Gasteiger partial charge in [-0.1, -0.05) is 0 Å². The monoisotopic (exact) mass is 268 g/mol. The van der Waals surface area contributed by atoms with E-state index in [1.54, 1.807) is 0 Å². The molecule has 5 nitrogen and oxygen atoms in total. The van der Waals surface area contributed by atoms with Crippen molar-refractivity contribution in [3.63, 3.8) is 0 Å². The second-order valence-electron chi connectivity index (χ2n) is 4.80. The summed E-state index contributed by atoms with van der Waals surface area (Å²) in [5, 5.41) is 6.14. The van der Waals surface area contributed by atoms with Crippen LogP contribution in [0.2, 0.25) is 0 Å². The van der Waals surface area contributed by atoms with Gasteiger partial charge in [-0.05, 0) is 32.6 Å². The quantitative estimate of drug-likeness (QED) is 0.858. The molecular formula is C13H21FN4O. The molecule has 0 amide bonds. The number of hydrogen-bond donors (Lipinski definition) is 2. The van der Waals surface area contributed by atoms with Crippen molar-refractivity contribution in [1.82, 2.24) is 9.97 Å². The Kier molecular flexibility index (Phi) is 4.90. The lowest BCUT2D eigenvalue weighted by Crippen LogP contribution is -2.31. The second-order valence-corrected chi connectivity index (χ2v) is 4.80. The molecule has 0 aromatic carbocycles. The van der Waals surface area contributed by atoms with Gasteiger partial charge in [0.1, 0.15) is 0 Å². The minimum atomic E-state index is -0.416. The average Bonchev–Trinajstić information content (AvgIpc) is 2.44. The first kappa shape index (κ1) is 14.0. The van der Waals surface area contributed by atoms with Crippen LogP contribution in [0.5, 0.6) is 0 Å². The zero-order valence-electron chi connectivity index (χ0n) is 11.4. The Morgan fingerprint density at radius 1 is 1.47 bits per heavy atom. The van der Waals surface area contributed by atoms with E-state index < -0.39 is 5.82 Å².